The summed E-state index contributed by atoms with van der Waals surface area (Å²) in [6.45, 7) is 1.91. The number of carbonyl (C=O) groups is 2. The summed E-state index contributed by atoms with van der Waals surface area (Å²) in [5.41, 5.74) is 1.78. The highest BCUT2D eigenvalue weighted by Gasteiger charge is 2.32. The van der Waals surface area contributed by atoms with Crippen molar-refractivity contribution in [2.24, 2.45) is 0 Å². The Balaban J connectivity index is 2.02. The summed E-state index contributed by atoms with van der Waals surface area (Å²) in [6.07, 6.45) is 1.95. The van der Waals surface area contributed by atoms with Gasteiger partial charge in [0, 0.05) is 24.0 Å². The summed E-state index contributed by atoms with van der Waals surface area (Å²) in [6, 6.07) is 20.7. The fourth-order valence-electron chi connectivity index (χ4n) is 3.93. The van der Waals surface area contributed by atoms with E-state index in [1.807, 2.05) is 61.5 Å². The van der Waals surface area contributed by atoms with Crippen molar-refractivity contribution in [2.45, 2.75) is 32.4 Å². The van der Waals surface area contributed by atoms with Crippen LogP contribution in [0, 0.1) is 5.82 Å². The molecule has 0 radical (unpaired) electrons. The number of benzene rings is 3. The minimum absolute atomic E-state index is 0.0875. The van der Waals surface area contributed by atoms with Crippen molar-refractivity contribution >= 4 is 43.5 Å². The van der Waals surface area contributed by atoms with Crippen LogP contribution in [0.4, 0.5) is 10.1 Å². The molecule has 3 aromatic rings. The van der Waals surface area contributed by atoms with Crippen LogP contribution in [0.3, 0.4) is 0 Å². The number of hydrogen-bond donors (Lipinski definition) is 1. The van der Waals surface area contributed by atoms with E-state index in [4.69, 9.17) is 0 Å². The molecular formula is C28H31BrFN3O4S. The van der Waals surface area contributed by atoms with Crippen molar-refractivity contribution in [3.8, 4) is 0 Å². The van der Waals surface area contributed by atoms with Gasteiger partial charge in [-0.2, -0.15) is 0 Å². The molecule has 0 heterocycles. The molecule has 3 rings (SSSR count). The molecule has 2 amide bonds. The minimum atomic E-state index is -3.90. The third kappa shape index (κ3) is 8.39. The fourth-order valence-corrected chi connectivity index (χ4v) is 5.04. The van der Waals surface area contributed by atoms with E-state index in [0.29, 0.717) is 6.54 Å². The Morgan fingerprint density at radius 3 is 2.16 bits per heavy atom. The summed E-state index contributed by atoms with van der Waals surface area (Å²) in [5.74, 6) is -1.41. The number of nitrogens with zero attached hydrogens (tertiary/aromatic N) is 2. The first-order valence-electron chi connectivity index (χ1n) is 12.2. The summed E-state index contributed by atoms with van der Waals surface area (Å²) in [7, 11) is -3.90. The van der Waals surface area contributed by atoms with Crippen molar-refractivity contribution in [2.75, 3.05) is 23.7 Å². The quantitative estimate of drug-likeness (QED) is 0.330. The lowest BCUT2D eigenvalue weighted by molar-refractivity contribution is -0.140. The van der Waals surface area contributed by atoms with Gasteiger partial charge >= 0.3 is 0 Å². The number of halogens is 2. The van der Waals surface area contributed by atoms with Gasteiger partial charge in [0.25, 0.3) is 0 Å². The van der Waals surface area contributed by atoms with Gasteiger partial charge in [-0.25, -0.2) is 12.8 Å². The average molecular weight is 605 g/mol. The zero-order chi connectivity index (χ0) is 27.7. The first-order valence-corrected chi connectivity index (χ1v) is 14.8. The number of nitrogens with one attached hydrogen (secondary N) is 1. The number of anilines is 1. The third-order valence-electron chi connectivity index (χ3n) is 5.88. The largest absolute Gasteiger partial charge is 0.354 e. The Bertz CT molecular complexity index is 1320. The molecule has 3 aromatic carbocycles. The van der Waals surface area contributed by atoms with E-state index < -0.39 is 34.3 Å². The summed E-state index contributed by atoms with van der Waals surface area (Å²) < 4.78 is 40.7. The normalized spacial score (nSPS) is 12.0. The molecule has 0 bridgehead atoms. The van der Waals surface area contributed by atoms with Gasteiger partial charge in [-0.15, -0.1) is 0 Å². The second-order valence-electron chi connectivity index (χ2n) is 8.89. The number of hydrogen-bond acceptors (Lipinski definition) is 4. The zero-order valence-corrected chi connectivity index (χ0v) is 23.7. The molecule has 0 aliphatic rings. The SMILES string of the molecule is CCCNC(=O)C(Cc1ccccc1)N(Cc1ccc(Br)cc1)C(=O)CN(c1ccc(F)cc1)S(C)(=O)=O. The van der Waals surface area contributed by atoms with Crippen molar-refractivity contribution in [1.29, 1.82) is 0 Å². The van der Waals surface area contributed by atoms with Crippen LogP contribution >= 0.6 is 15.9 Å². The highest BCUT2D eigenvalue weighted by atomic mass is 79.9. The Morgan fingerprint density at radius 1 is 0.947 bits per heavy atom. The van der Waals surface area contributed by atoms with E-state index in [1.165, 1.54) is 17.0 Å². The predicted molar refractivity (Wildman–Crippen MR) is 151 cm³/mol. The van der Waals surface area contributed by atoms with Gasteiger partial charge in [0.05, 0.1) is 11.9 Å². The second kappa shape index (κ2) is 13.5. The maximum Gasteiger partial charge on any atom is 0.244 e. The standard InChI is InChI=1S/C28H31BrFN3O4S/c1-3-17-31-28(35)26(18-21-7-5-4-6-8-21)32(19-22-9-11-23(29)12-10-22)27(34)20-33(38(2,36)37)25-15-13-24(30)14-16-25/h4-16,26H,3,17-20H2,1-2H3,(H,31,35). The highest BCUT2D eigenvalue weighted by molar-refractivity contribution is 9.10. The van der Waals surface area contributed by atoms with Crippen LogP contribution in [-0.4, -0.2) is 50.5 Å². The van der Waals surface area contributed by atoms with Crippen LogP contribution in [0.25, 0.3) is 0 Å². The Morgan fingerprint density at radius 2 is 1.58 bits per heavy atom. The van der Waals surface area contributed by atoms with Gasteiger partial charge in [0.2, 0.25) is 21.8 Å². The van der Waals surface area contributed by atoms with E-state index in [1.54, 1.807) is 0 Å². The highest BCUT2D eigenvalue weighted by Crippen LogP contribution is 2.21. The van der Waals surface area contributed by atoms with Gasteiger partial charge in [-0.3, -0.25) is 13.9 Å². The lowest BCUT2D eigenvalue weighted by Gasteiger charge is -2.33. The Kier molecular flexibility index (Phi) is 10.4. The maximum atomic E-state index is 13.9. The van der Waals surface area contributed by atoms with Crippen LogP contribution in [0.2, 0.25) is 0 Å². The van der Waals surface area contributed by atoms with Crippen molar-refractivity contribution in [1.82, 2.24) is 10.2 Å². The van der Waals surface area contributed by atoms with Crippen molar-refractivity contribution in [3.63, 3.8) is 0 Å². The Labute approximate surface area is 231 Å². The van der Waals surface area contributed by atoms with E-state index in [-0.39, 0.29) is 24.6 Å². The second-order valence-corrected chi connectivity index (χ2v) is 11.7. The van der Waals surface area contributed by atoms with Gasteiger partial charge in [-0.05, 0) is 53.9 Å². The molecule has 1 unspecified atom stereocenters. The molecule has 0 aromatic heterocycles. The van der Waals surface area contributed by atoms with E-state index in [9.17, 15) is 22.4 Å². The molecule has 202 valence electrons. The molecule has 1 N–H and O–H groups in total. The predicted octanol–water partition coefficient (Wildman–Crippen LogP) is 4.52. The summed E-state index contributed by atoms with van der Waals surface area (Å²) >= 11 is 3.41. The molecule has 0 aliphatic carbocycles. The smallest absolute Gasteiger partial charge is 0.244 e. The van der Waals surface area contributed by atoms with E-state index in [2.05, 4.69) is 21.2 Å². The first-order chi connectivity index (χ1) is 18.1. The van der Waals surface area contributed by atoms with Gasteiger partial charge < -0.3 is 10.2 Å². The molecule has 0 spiro atoms. The molecule has 0 fully saturated rings. The minimum Gasteiger partial charge on any atom is -0.354 e. The fraction of sp³-hybridized carbons (Fsp3) is 0.286. The molecule has 0 aliphatic heterocycles. The topological polar surface area (TPSA) is 86.8 Å². The van der Waals surface area contributed by atoms with Gasteiger partial charge in [0.15, 0.2) is 0 Å². The summed E-state index contributed by atoms with van der Waals surface area (Å²) in [5, 5.41) is 2.89. The van der Waals surface area contributed by atoms with E-state index >= 15 is 0 Å². The molecule has 10 heteroatoms. The van der Waals surface area contributed by atoms with Crippen LogP contribution in [0.15, 0.2) is 83.3 Å². The van der Waals surface area contributed by atoms with Gasteiger partial charge in [0.1, 0.15) is 18.4 Å². The van der Waals surface area contributed by atoms with E-state index in [0.717, 1.165) is 44.7 Å². The monoisotopic (exact) mass is 603 g/mol. The van der Waals surface area contributed by atoms with Crippen LogP contribution in [0.5, 0.6) is 0 Å². The number of amides is 2. The van der Waals surface area contributed by atoms with Crippen molar-refractivity contribution < 1.29 is 22.4 Å². The van der Waals surface area contributed by atoms with Crippen LogP contribution in [0.1, 0.15) is 24.5 Å². The number of sulfonamides is 1. The molecule has 0 saturated heterocycles. The summed E-state index contributed by atoms with van der Waals surface area (Å²) in [4.78, 5) is 28.7. The molecule has 1 atom stereocenters. The van der Waals surface area contributed by atoms with Crippen LogP contribution in [-0.2, 0) is 32.6 Å². The maximum absolute atomic E-state index is 13.9. The average Bonchev–Trinajstić information content (AvgIpc) is 2.89. The zero-order valence-electron chi connectivity index (χ0n) is 21.3. The number of carbonyl (C=O) groups excluding carboxylic acids is 2. The van der Waals surface area contributed by atoms with Gasteiger partial charge in [-0.1, -0.05) is 65.3 Å². The number of rotatable bonds is 12. The van der Waals surface area contributed by atoms with Crippen LogP contribution < -0.4 is 9.62 Å². The lowest BCUT2D eigenvalue weighted by atomic mass is 10.0. The molecule has 38 heavy (non-hydrogen) atoms. The Hall–Kier alpha value is -3.24. The molecule has 7 nitrogen and oxygen atoms in total. The molecule has 0 saturated carbocycles. The third-order valence-corrected chi connectivity index (χ3v) is 7.55. The lowest BCUT2D eigenvalue weighted by Crippen LogP contribution is -2.53. The first kappa shape index (κ1) is 29.3. The van der Waals surface area contributed by atoms with Crippen molar-refractivity contribution in [3.05, 3.63) is 100 Å². The molecular weight excluding hydrogens is 573 g/mol.